The van der Waals surface area contributed by atoms with E-state index in [0.29, 0.717) is 0 Å². The van der Waals surface area contributed by atoms with E-state index in [2.05, 4.69) is 88.0 Å². The Labute approximate surface area is 168 Å². The lowest BCUT2D eigenvalue weighted by Crippen LogP contribution is -2.69. The van der Waals surface area contributed by atoms with Crippen molar-refractivity contribution in [1.29, 1.82) is 0 Å². The Hall–Kier alpha value is -0.392. The minimum atomic E-state index is -1.67. The van der Waals surface area contributed by atoms with Crippen molar-refractivity contribution in [2.75, 3.05) is 0 Å². The summed E-state index contributed by atoms with van der Waals surface area (Å²) in [6.07, 6.45) is 0. The predicted molar refractivity (Wildman–Crippen MR) is 130 cm³/mol. The van der Waals surface area contributed by atoms with Crippen molar-refractivity contribution in [3.05, 3.63) is 24.3 Å². The van der Waals surface area contributed by atoms with Crippen molar-refractivity contribution < 1.29 is 0 Å². The summed E-state index contributed by atoms with van der Waals surface area (Å²) in [5.41, 5.74) is 2.49. The molecule has 0 saturated carbocycles. The van der Waals surface area contributed by atoms with Crippen LogP contribution in [0, 0.1) is 0 Å². The van der Waals surface area contributed by atoms with Gasteiger partial charge in [0.15, 0.2) is 0 Å². The number of rotatable bonds is 0. The number of benzene rings is 1. The lowest BCUT2D eigenvalue weighted by atomic mass is 10.3. The van der Waals surface area contributed by atoms with Crippen molar-refractivity contribution in [2.24, 2.45) is 0 Å². The molecule has 5 rings (SSSR count). The maximum absolute atomic E-state index is 4.86. The zero-order chi connectivity index (χ0) is 19.1. The molecule has 26 heavy (non-hydrogen) atoms. The average molecular weight is 449 g/mol. The molecule has 4 heterocycles. The smallest absolute Gasteiger partial charge is 0.103 e. The highest BCUT2D eigenvalue weighted by molar-refractivity contribution is 7.61. The monoisotopic (exact) mass is 448 g/mol. The van der Waals surface area contributed by atoms with E-state index < -0.39 is 30.4 Å². The van der Waals surface area contributed by atoms with Crippen LogP contribution in [0.5, 0.6) is 0 Å². The van der Waals surface area contributed by atoms with Crippen molar-refractivity contribution in [3.63, 3.8) is 0 Å². The van der Waals surface area contributed by atoms with Gasteiger partial charge in [0.25, 0.3) is 0 Å². The van der Waals surface area contributed by atoms with Crippen molar-refractivity contribution in [2.45, 2.75) is 52.4 Å². The quantitative estimate of drug-likeness (QED) is 0.493. The van der Waals surface area contributed by atoms with Crippen molar-refractivity contribution >= 4 is 83.8 Å². The van der Waals surface area contributed by atoms with Crippen LogP contribution in [0.3, 0.4) is 0 Å². The van der Waals surface area contributed by atoms with Gasteiger partial charge < -0.3 is 0 Å². The van der Waals surface area contributed by atoms with E-state index in [1.807, 2.05) is 0 Å². The topological polar surface area (TPSA) is 25.8 Å². The number of fused-ring (bicyclic) bond motifs is 3. The molecule has 0 N–H and O–H groups in total. The van der Waals surface area contributed by atoms with E-state index in [9.17, 15) is 0 Å². The fourth-order valence-electron chi connectivity index (χ4n) is 4.17. The highest BCUT2D eigenvalue weighted by Crippen LogP contribution is 2.29. The molecule has 2 nitrogen and oxygen atoms in total. The predicted octanol–water partition coefficient (Wildman–Crippen LogP) is 3.29. The van der Waals surface area contributed by atoms with Gasteiger partial charge in [0.2, 0.25) is 0 Å². The van der Waals surface area contributed by atoms with Gasteiger partial charge in [-0.2, -0.15) is 20.1 Å². The third kappa shape index (κ3) is 2.23. The molecule has 0 amide bonds. The number of hydrogen-bond donors (Lipinski definition) is 0. The van der Waals surface area contributed by atoms with E-state index in [1.165, 1.54) is 22.8 Å². The fourth-order valence-corrected chi connectivity index (χ4v) is 29.5. The Kier molecular flexibility index (Phi) is 4.06. The average Bonchev–Trinajstić information content (AvgIpc) is 3.22. The molecule has 2 aromatic heterocycles. The summed E-state index contributed by atoms with van der Waals surface area (Å²) in [6.45, 7) is 20.7. The molecule has 0 atom stereocenters. The fraction of sp³-hybridized carbons (Fsp3) is 0.444. The van der Waals surface area contributed by atoms with Crippen LogP contribution in [-0.2, 0) is 0 Å². The van der Waals surface area contributed by atoms with Crippen LogP contribution < -0.4 is 19.4 Å². The third-order valence-corrected chi connectivity index (χ3v) is 48.3. The molecule has 8 heteroatoms. The summed E-state index contributed by atoms with van der Waals surface area (Å²) in [5.74, 6) is 0. The highest BCUT2D eigenvalue weighted by Gasteiger charge is 2.51. The van der Waals surface area contributed by atoms with Gasteiger partial charge in [-0.15, -0.1) is 0 Å². The Morgan fingerprint density at radius 1 is 0.577 bits per heavy atom. The second kappa shape index (κ2) is 5.57. The first-order valence-corrected chi connectivity index (χ1v) is 24.8. The van der Waals surface area contributed by atoms with Gasteiger partial charge in [-0.25, -0.2) is 0 Å². The molecule has 2 aliphatic rings. The lowest BCUT2D eigenvalue weighted by Gasteiger charge is -2.39. The van der Waals surface area contributed by atoms with Crippen molar-refractivity contribution in [1.82, 2.24) is 8.75 Å². The van der Waals surface area contributed by atoms with Crippen LogP contribution in [0.25, 0.3) is 11.0 Å². The molecule has 1 aromatic carbocycles. The largest absolute Gasteiger partial charge is 0.173 e. The first-order chi connectivity index (χ1) is 11.9. The van der Waals surface area contributed by atoms with Gasteiger partial charge in [0, 0.05) is 0 Å². The van der Waals surface area contributed by atoms with E-state index in [0.717, 1.165) is 0 Å². The van der Waals surface area contributed by atoms with Crippen LogP contribution in [0.15, 0.2) is 24.3 Å². The number of thiophene rings is 1. The summed E-state index contributed by atoms with van der Waals surface area (Å²) in [5, 5.41) is 3.09. The first kappa shape index (κ1) is 18.9. The van der Waals surface area contributed by atoms with E-state index in [1.54, 1.807) is 19.4 Å². The maximum atomic E-state index is 4.86. The Balaban J connectivity index is 2.20. The van der Waals surface area contributed by atoms with E-state index >= 15 is 0 Å². The molecule has 0 aliphatic carbocycles. The van der Waals surface area contributed by atoms with Crippen LogP contribution >= 0.6 is 23.1 Å². The zero-order valence-electron chi connectivity index (χ0n) is 17.0. The van der Waals surface area contributed by atoms with E-state index in [4.69, 9.17) is 8.75 Å². The summed E-state index contributed by atoms with van der Waals surface area (Å²) >= 11 is 3.59. The van der Waals surface area contributed by atoms with Gasteiger partial charge in [0.1, 0.15) is 11.0 Å². The Bertz CT molecular complexity index is 941. The summed E-state index contributed by atoms with van der Waals surface area (Å²) in [4.78, 5) is 0. The normalized spacial score (nSPS) is 22.3. The van der Waals surface area contributed by atoms with Crippen LogP contribution in [0.4, 0.5) is 0 Å². The van der Waals surface area contributed by atoms with Gasteiger partial charge >= 0.3 is 0 Å². The second-order valence-corrected chi connectivity index (χ2v) is 42.3. The Morgan fingerprint density at radius 2 is 0.962 bits per heavy atom. The molecule has 2 aliphatic heterocycles. The van der Waals surface area contributed by atoms with Gasteiger partial charge in [-0.3, -0.25) is 0 Å². The first-order valence-electron chi connectivity index (χ1n) is 9.29. The Morgan fingerprint density at radius 3 is 1.35 bits per heavy atom. The molecule has 3 aromatic rings. The maximum Gasteiger partial charge on any atom is 0.103 e. The number of nitrogens with zero attached hydrogens (tertiary/aromatic N) is 2. The number of aromatic nitrogens is 2. The van der Waals surface area contributed by atoms with E-state index in [-0.39, 0.29) is 0 Å². The molecule has 0 unspecified atom stereocenters. The molecule has 4 bridgehead atoms. The molecule has 138 valence electrons. The minimum Gasteiger partial charge on any atom is -0.173 e. The van der Waals surface area contributed by atoms with Gasteiger partial charge in [-0.1, -0.05) is 76.6 Å². The molecule has 0 saturated heterocycles. The SMILES string of the molecule is C[Si]1(C)c2ccc(s2)[Si](C)(C)[Si](C)(C)c2ccc(c3nsnc23)[Si]1(C)C. The van der Waals surface area contributed by atoms with Crippen molar-refractivity contribution in [3.8, 4) is 0 Å². The van der Waals surface area contributed by atoms with Gasteiger partial charge in [-0.05, 0) is 19.4 Å². The molecule has 0 spiro atoms. The third-order valence-electron chi connectivity index (χ3n) is 7.73. The molecule has 0 radical (unpaired) electrons. The standard InChI is InChI=1S/C18H28N2S2Si4/c1-23(2)13-9-10-14(18-17(13)19-22-20-18)24(3,4)26(7,8)16-12-11-15(21-16)25(23,5)6/h9-12H,1-8H3. The van der Waals surface area contributed by atoms with Crippen LogP contribution in [0.2, 0.25) is 52.4 Å². The molecular weight excluding hydrogens is 421 g/mol. The summed E-state index contributed by atoms with van der Waals surface area (Å²) < 4.78 is 13.1. The number of hydrogen-bond acceptors (Lipinski definition) is 4. The molecule has 0 fully saturated rings. The molecular formula is C18H28N2S2Si4. The summed E-state index contributed by atoms with van der Waals surface area (Å²) in [7, 11) is -6.51. The minimum absolute atomic E-state index is 1.24. The van der Waals surface area contributed by atoms with Crippen LogP contribution in [-0.4, -0.2) is 39.1 Å². The highest BCUT2D eigenvalue weighted by atomic mass is 32.1. The second-order valence-electron chi connectivity index (χ2n) is 9.79. The summed E-state index contributed by atoms with van der Waals surface area (Å²) in [6, 6.07) is 9.95. The zero-order valence-corrected chi connectivity index (χ0v) is 22.7. The van der Waals surface area contributed by atoms with Crippen LogP contribution in [0.1, 0.15) is 0 Å². The lowest BCUT2D eigenvalue weighted by molar-refractivity contribution is 1.65. The van der Waals surface area contributed by atoms with Gasteiger partial charge in [0.05, 0.1) is 42.1 Å².